The molecule has 3 unspecified atom stereocenters. The molecule has 88 valence electrons. The number of rotatable bonds is 4. The van der Waals surface area contributed by atoms with E-state index in [-0.39, 0.29) is 11.5 Å². The van der Waals surface area contributed by atoms with Crippen LogP contribution in [0, 0.1) is 17.3 Å². The first kappa shape index (κ1) is 11.4. The normalized spacial score (nSPS) is 39.0. The zero-order valence-electron chi connectivity index (χ0n) is 9.91. The van der Waals surface area contributed by atoms with E-state index in [4.69, 9.17) is 5.73 Å². The summed E-state index contributed by atoms with van der Waals surface area (Å²) < 4.78 is 0. The Kier molecular flexibility index (Phi) is 3.36. The van der Waals surface area contributed by atoms with Gasteiger partial charge in [0.25, 0.3) is 0 Å². The highest BCUT2D eigenvalue weighted by Gasteiger charge is 2.43. The monoisotopic (exact) mass is 211 g/mol. The van der Waals surface area contributed by atoms with E-state index in [0.717, 1.165) is 18.3 Å². The van der Waals surface area contributed by atoms with Crippen LogP contribution < -0.4 is 5.73 Å². The van der Waals surface area contributed by atoms with Crippen LogP contribution >= 0.6 is 0 Å². The average Bonchev–Trinajstić information content (AvgIpc) is 3.01. The summed E-state index contributed by atoms with van der Waals surface area (Å²) >= 11 is 0. The van der Waals surface area contributed by atoms with Crippen LogP contribution in [-0.2, 0) is 0 Å². The van der Waals surface area contributed by atoms with Gasteiger partial charge in [-0.05, 0) is 56.3 Å². The van der Waals surface area contributed by atoms with Gasteiger partial charge in [0.05, 0.1) is 0 Å². The van der Waals surface area contributed by atoms with Crippen molar-refractivity contribution >= 4 is 0 Å². The topological polar surface area (TPSA) is 46.2 Å². The molecular weight excluding hydrogens is 186 g/mol. The molecule has 15 heavy (non-hydrogen) atoms. The van der Waals surface area contributed by atoms with Crippen molar-refractivity contribution in [2.24, 2.45) is 23.0 Å². The second kappa shape index (κ2) is 4.42. The molecule has 2 saturated carbocycles. The summed E-state index contributed by atoms with van der Waals surface area (Å²) in [5.41, 5.74) is 6.41. The average molecular weight is 211 g/mol. The first-order valence-electron chi connectivity index (χ1n) is 6.54. The van der Waals surface area contributed by atoms with Gasteiger partial charge in [0, 0.05) is 12.6 Å². The fourth-order valence-electron chi connectivity index (χ4n) is 3.50. The Morgan fingerprint density at radius 1 is 1.33 bits per heavy atom. The highest BCUT2D eigenvalue weighted by Crippen LogP contribution is 2.51. The van der Waals surface area contributed by atoms with Gasteiger partial charge in [-0.15, -0.1) is 0 Å². The van der Waals surface area contributed by atoms with Gasteiger partial charge in [-0.1, -0.05) is 12.8 Å². The number of aliphatic hydroxyl groups excluding tert-OH is 1. The molecule has 0 bridgehead atoms. The summed E-state index contributed by atoms with van der Waals surface area (Å²) in [6.07, 6.45) is 9.03. The quantitative estimate of drug-likeness (QED) is 0.749. The number of hydrogen-bond donors (Lipinski definition) is 2. The third kappa shape index (κ3) is 2.36. The van der Waals surface area contributed by atoms with E-state index >= 15 is 0 Å². The van der Waals surface area contributed by atoms with Crippen molar-refractivity contribution in [2.45, 2.75) is 57.9 Å². The molecule has 2 fully saturated rings. The molecule has 0 saturated heterocycles. The Bertz CT molecular complexity index is 209. The zero-order valence-corrected chi connectivity index (χ0v) is 9.91. The van der Waals surface area contributed by atoms with Crippen LogP contribution in [0.4, 0.5) is 0 Å². The third-order valence-electron chi connectivity index (χ3n) is 4.78. The molecular formula is C13H25NO. The minimum atomic E-state index is 0.242. The van der Waals surface area contributed by atoms with E-state index in [9.17, 15) is 5.11 Å². The largest absolute Gasteiger partial charge is 0.396 e. The van der Waals surface area contributed by atoms with Crippen molar-refractivity contribution in [1.29, 1.82) is 0 Å². The molecule has 2 aliphatic rings. The minimum Gasteiger partial charge on any atom is -0.396 e. The smallest absolute Gasteiger partial charge is 0.0436 e. The lowest BCUT2D eigenvalue weighted by Crippen LogP contribution is -2.44. The second-order valence-electron chi connectivity index (χ2n) is 5.82. The van der Waals surface area contributed by atoms with Crippen molar-refractivity contribution in [3.05, 3.63) is 0 Å². The lowest BCUT2D eigenvalue weighted by molar-refractivity contribution is 0.0674. The Morgan fingerprint density at radius 2 is 2.07 bits per heavy atom. The van der Waals surface area contributed by atoms with E-state index in [2.05, 4.69) is 6.92 Å². The van der Waals surface area contributed by atoms with E-state index < -0.39 is 0 Å². The van der Waals surface area contributed by atoms with E-state index in [0.29, 0.717) is 6.61 Å². The summed E-state index contributed by atoms with van der Waals surface area (Å²) in [4.78, 5) is 0. The zero-order chi connectivity index (χ0) is 10.9. The van der Waals surface area contributed by atoms with Crippen LogP contribution in [0.2, 0.25) is 0 Å². The Morgan fingerprint density at radius 3 is 2.60 bits per heavy atom. The number of nitrogens with two attached hydrogens (primary N) is 1. The van der Waals surface area contributed by atoms with Crippen LogP contribution in [0.1, 0.15) is 51.9 Å². The summed E-state index contributed by atoms with van der Waals surface area (Å²) in [5.74, 6) is 1.92. The van der Waals surface area contributed by atoms with Crippen LogP contribution in [0.25, 0.3) is 0 Å². The van der Waals surface area contributed by atoms with Crippen molar-refractivity contribution in [2.75, 3.05) is 6.61 Å². The molecule has 0 heterocycles. The van der Waals surface area contributed by atoms with Gasteiger partial charge in [-0.2, -0.15) is 0 Å². The number of hydrogen-bond acceptors (Lipinski definition) is 2. The molecule has 3 N–H and O–H groups in total. The maximum Gasteiger partial charge on any atom is 0.0436 e. The molecule has 0 spiro atoms. The van der Waals surface area contributed by atoms with Crippen molar-refractivity contribution in [1.82, 2.24) is 0 Å². The van der Waals surface area contributed by atoms with Crippen molar-refractivity contribution in [3.8, 4) is 0 Å². The maximum absolute atomic E-state index is 9.22. The molecule has 3 atom stereocenters. The first-order chi connectivity index (χ1) is 7.18. The lowest BCUT2D eigenvalue weighted by atomic mass is 9.63. The SMILES string of the molecule is CC(N)C1(CCO)CCCC(C2CC2)C1. The highest BCUT2D eigenvalue weighted by atomic mass is 16.3. The van der Waals surface area contributed by atoms with Crippen molar-refractivity contribution in [3.63, 3.8) is 0 Å². The fraction of sp³-hybridized carbons (Fsp3) is 1.00. The molecule has 0 aromatic carbocycles. The maximum atomic E-state index is 9.22. The molecule has 2 nitrogen and oxygen atoms in total. The summed E-state index contributed by atoms with van der Waals surface area (Å²) in [7, 11) is 0. The van der Waals surface area contributed by atoms with Crippen LogP contribution in [-0.4, -0.2) is 17.8 Å². The van der Waals surface area contributed by atoms with Crippen molar-refractivity contribution < 1.29 is 5.11 Å². The second-order valence-corrected chi connectivity index (χ2v) is 5.82. The first-order valence-corrected chi connectivity index (χ1v) is 6.54. The standard InChI is InChI=1S/C13H25NO/c1-10(14)13(7-8-15)6-2-3-12(9-13)11-4-5-11/h10-12,15H,2-9,14H2,1H3. The minimum absolute atomic E-state index is 0.242. The van der Waals surface area contributed by atoms with E-state index in [1.54, 1.807) is 0 Å². The highest BCUT2D eigenvalue weighted by molar-refractivity contribution is 4.95. The van der Waals surface area contributed by atoms with Gasteiger partial charge in [0.2, 0.25) is 0 Å². The Labute approximate surface area is 93.2 Å². The fourth-order valence-corrected chi connectivity index (χ4v) is 3.50. The third-order valence-corrected chi connectivity index (χ3v) is 4.78. The molecule has 0 amide bonds. The van der Waals surface area contributed by atoms with Gasteiger partial charge in [-0.3, -0.25) is 0 Å². The van der Waals surface area contributed by atoms with E-state index in [1.807, 2.05) is 0 Å². The molecule has 0 aromatic rings. The van der Waals surface area contributed by atoms with Crippen LogP contribution in [0.15, 0.2) is 0 Å². The lowest BCUT2D eigenvalue weighted by Gasteiger charge is -2.44. The molecule has 2 heteroatoms. The van der Waals surface area contributed by atoms with Gasteiger partial charge >= 0.3 is 0 Å². The van der Waals surface area contributed by atoms with Gasteiger partial charge in [0.1, 0.15) is 0 Å². The van der Waals surface area contributed by atoms with Crippen LogP contribution in [0.3, 0.4) is 0 Å². The van der Waals surface area contributed by atoms with Gasteiger partial charge in [0.15, 0.2) is 0 Å². The Hall–Kier alpha value is -0.0800. The number of aliphatic hydroxyl groups is 1. The van der Waals surface area contributed by atoms with Gasteiger partial charge < -0.3 is 10.8 Å². The molecule has 0 aromatic heterocycles. The molecule has 0 aliphatic heterocycles. The Balaban J connectivity index is 2.02. The predicted octanol–water partition coefficient (Wildman–Crippen LogP) is 2.30. The summed E-state index contributed by atoms with van der Waals surface area (Å²) in [5, 5.41) is 9.22. The van der Waals surface area contributed by atoms with Gasteiger partial charge in [-0.25, -0.2) is 0 Å². The van der Waals surface area contributed by atoms with E-state index in [1.165, 1.54) is 38.5 Å². The summed E-state index contributed by atoms with van der Waals surface area (Å²) in [6, 6.07) is 0.242. The summed E-state index contributed by atoms with van der Waals surface area (Å²) in [6.45, 7) is 2.43. The predicted molar refractivity (Wildman–Crippen MR) is 62.5 cm³/mol. The molecule has 0 radical (unpaired) electrons. The molecule has 2 rings (SSSR count). The van der Waals surface area contributed by atoms with Crippen LogP contribution in [0.5, 0.6) is 0 Å². The molecule has 2 aliphatic carbocycles.